The van der Waals surface area contributed by atoms with Gasteiger partial charge in [0.25, 0.3) is 0 Å². The molecule has 0 bridgehead atoms. The molecule has 1 saturated carbocycles. The molecule has 0 amide bonds. The van der Waals surface area contributed by atoms with Gasteiger partial charge in [0.05, 0.1) is 6.61 Å². The summed E-state index contributed by atoms with van der Waals surface area (Å²) in [6.45, 7) is 7.64. The molecule has 3 heteroatoms. The first-order valence-corrected chi connectivity index (χ1v) is 5.82. The van der Waals surface area contributed by atoms with Gasteiger partial charge in [-0.05, 0) is 38.9 Å². The SMILES string of the molecule is CCN(CCCNCCOC)C1CC1. The van der Waals surface area contributed by atoms with E-state index in [2.05, 4.69) is 17.1 Å². The largest absolute Gasteiger partial charge is 0.383 e. The van der Waals surface area contributed by atoms with Gasteiger partial charge in [0.15, 0.2) is 0 Å². The van der Waals surface area contributed by atoms with Crippen LogP contribution in [0.5, 0.6) is 0 Å². The Hall–Kier alpha value is -0.120. The molecule has 0 aromatic carbocycles. The fourth-order valence-electron chi connectivity index (χ4n) is 1.74. The van der Waals surface area contributed by atoms with E-state index >= 15 is 0 Å². The Labute approximate surface area is 87.8 Å². The predicted octanol–water partition coefficient (Wildman–Crippen LogP) is 1.10. The van der Waals surface area contributed by atoms with Crippen molar-refractivity contribution in [1.82, 2.24) is 10.2 Å². The number of nitrogens with zero attached hydrogens (tertiary/aromatic N) is 1. The maximum absolute atomic E-state index is 4.97. The van der Waals surface area contributed by atoms with Gasteiger partial charge in [-0.1, -0.05) is 6.92 Å². The number of hydrogen-bond donors (Lipinski definition) is 1. The molecular formula is C11H24N2O. The summed E-state index contributed by atoms with van der Waals surface area (Å²) in [7, 11) is 1.74. The van der Waals surface area contributed by atoms with Gasteiger partial charge in [0.1, 0.15) is 0 Å². The second-order valence-corrected chi connectivity index (χ2v) is 3.96. The Kier molecular flexibility index (Phi) is 6.15. The fourth-order valence-corrected chi connectivity index (χ4v) is 1.74. The van der Waals surface area contributed by atoms with Crippen molar-refractivity contribution in [3.8, 4) is 0 Å². The van der Waals surface area contributed by atoms with Crippen molar-refractivity contribution >= 4 is 0 Å². The minimum Gasteiger partial charge on any atom is -0.383 e. The molecule has 0 aromatic heterocycles. The summed E-state index contributed by atoms with van der Waals surface area (Å²) >= 11 is 0. The summed E-state index contributed by atoms with van der Waals surface area (Å²) in [5, 5.41) is 3.37. The third kappa shape index (κ3) is 4.94. The third-order valence-corrected chi connectivity index (χ3v) is 2.75. The number of nitrogens with one attached hydrogen (secondary N) is 1. The highest BCUT2D eigenvalue weighted by atomic mass is 16.5. The lowest BCUT2D eigenvalue weighted by Crippen LogP contribution is -2.30. The van der Waals surface area contributed by atoms with Crippen molar-refractivity contribution in [1.29, 1.82) is 0 Å². The van der Waals surface area contributed by atoms with Crippen LogP contribution in [0.2, 0.25) is 0 Å². The highest BCUT2D eigenvalue weighted by Crippen LogP contribution is 2.26. The first kappa shape index (κ1) is 12.0. The van der Waals surface area contributed by atoms with Crippen LogP contribution in [0.4, 0.5) is 0 Å². The molecular weight excluding hydrogens is 176 g/mol. The lowest BCUT2D eigenvalue weighted by atomic mass is 10.3. The minimum absolute atomic E-state index is 0.820. The highest BCUT2D eigenvalue weighted by Gasteiger charge is 2.26. The van der Waals surface area contributed by atoms with E-state index in [1.807, 2.05) is 0 Å². The average Bonchev–Trinajstić information content (AvgIpc) is 3.01. The van der Waals surface area contributed by atoms with Crippen molar-refractivity contribution in [2.45, 2.75) is 32.2 Å². The quantitative estimate of drug-likeness (QED) is 0.564. The Morgan fingerprint density at radius 3 is 2.71 bits per heavy atom. The second-order valence-electron chi connectivity index (χ2n) is 3.96. The minimum atomic E-state index is 0.820. The molecule has 0 heterocycles. The molecule has 1 rings (SSSR count). The number of hydrogen-bond acceptors (Lipinski definition) is 3. The van der Waals surface area contributed by atoms with Crippen molar-refractivity contribution in [3.63, 3.8) is 0 Å². The predicted molar refractivity (Wildman–Crippen MR) is 59.6 cm³/mol. The maximum atomic E-state index is 4.97. The summed E-state index contributed by atoms with van der Waals surface area (Å²) in [6, 6.07) is 0.916. The zero-order valence-electron chi connectivity index (χ0n) is 9.59. The van der Waals surface area contributed by atoms with E-state index < -0.39 is 0 Å². The summed E-state index contributed by atoms with van der Waals surface area (Å²) in [6.07, 6.45) is 4.10. The van der Waals surface area contributed by atoms with Crippen LogP contribution in [0.3, 0.4) is 0 Å². The van der Waals surface area contributed by atoms with Gasteiger partial charge in [0, 0.05) is 19.7 Å². The second kappa shape index (κ2) is 7.21. The molecule has 0 saturated heterocycles. The van der Waals surface area contributed by atoms with Gasteiger partial charge < -0.3 is 15.0 Å². The van der Waals surface area contributed by atoms with Crippen LogP contribution in [0.15, 0.2) is 0 Å². The van der Waals surface area contributed by atoms with Crippen LogP contribution in [0.25, 0.3) is 0 Å². The molecule has 0 aliphatic heterocycles. The van der Waals surface area contributed by atoms with Gasteiger partial charge in [-0.25, -0.2) is 0 Å². The van der Waals surface area contributed by atoms with E-state index in [1.54, 1.807) is 7.11 Å². The van der Waals surface area contributed by atoms with Gasteiger partial charge in [0.2, 0.25) is 0 Å². The van der Waals surface area contributed by atoms with Crippen LogP contribution in [0, 0.1) is 0 Å². The number of rotatable bonds is 9. The Morgan fingerprint density at radius 1 is 1.36 bits per heavy atom. The lowest BCUT2D eigenvalue weighted by molar-refractivity contribution is 0.198. The van der Waals surface area contributed by atoms with Crippen molar-refractivity contribution in [3.05, 3.63) is 0 Å². The normalized spacial score (nSPS) is 16.5. The van der Waals surface area contributed by atoms with E-state index in [1.165, 1.54) is 32.4 Å². The summed E-state index contributed by atoms with van der Waals surface area (Å²) in [5.74, 6) is 0. The summed E-state index contributed by atoms with van der Waals surface area (Å²) < 4.78 is 4.97. The van der Waals surface area contributed by atoms with Gasteiger partial charge >= 0.3 is 0 Å². The summed E-state index contributed by atoms with van der Waals surface area (Å²) in [5.41, 5.74) is 0. The molecule has 3 nitrogen and oxygen atoms in total. The van der Waals surface area contributed by atoms with E-state index in [4.69, 9.17) is 4.74 Å². The van der Waals surface area contributed by atoms with E-state index in [0.717, 1.165) is 25.7 Å². The van der Waals surface area contributed by atoms with Crippen molar-refractivity contribution < 1.29 is 4.74 Å². The first-order valence-electron chi connectivity index (χ1n) is 5.82. The average molecular weight is 200 g/mol. The van der Waals surface area contributed by atoms with Crippen LogP contribution in [-0.2, 0) is 4.74 Å². The zero-order valence-corrected chi connectivity index (χ0v) is 9.59. The number of ether oxygens (including phenoxy) is 1. The smallest absolute Gasteiger partial charge is 0.0587 e. The Bertz CT molecular complexity index is 137. The molecule has 0 atom stereocenters. The van der Waals surface area contributed by atoms with E-state index in [9.17, 15) is 0 Å². The van der Waals surface area contributed by atoms with Crippen LogP contribution in [-0.4, -0.2) is 50.8 Å². The molecule has 0 spiro atoms. The number of methoxy groups -OCH3 is 1. The molecule has 0 unspecified atom stereocenters. The monoisotopic (exact) mass is 200 g/mol. The van der Waals surface area contributed by atoms with Crippen LogP contribution in [0.1, 0.15) is 26.2 Å². The van der Waals surface area contributed by atoms with E-state index in [0.29, 0.717) is 0 Å². The molecule has 84 valence electrons. The van der Waals surface area contributed by atoms with Crippen LogP contribution >= 0.6 is 0 Å². The van der Waals surface area contributed by atoms with E-state index in [-0.39, 0.29) is 0 Å². The van der Waals surface area contributed by atoms with Gasteiger partial charge in [-0.3, -0.25) is 0 Å². The van der Waals surface area contributed by atoms with Gasteiger partial charge in [-0.15, -0.1) is 0 Å². The van der Waals surface area contributed by atoms with Crippen molar-refractivity contribution in [2.24, 2.45) is 0 Å². The topological polar surface area (TPSA) is 24.5 Å². The van der Waals surface area contributed by atoms with Crippen LogP contribution < -0.4 is 5.32 Å². The van der Waals surface area contributed by atoms with Crippen molar-refractivity contribution in [2.75, 3.05) is 39.9 Å². The fraction of sp³-hybridized carbons (Fsp3) is 1.00. The molecule has 14 heavy (non-hydrogen) atoms. The molecule has 1 fully saturated rings. The molecule has 0 radical (unpaired) electrons. The lowest BCUT2D eigenvalue weighted by Gasteiger charge is -2.19. The molecule has 1 aliphatic carbocycles. The van der Waals surface area contributed by atoms with Gasteiger partial charge in [-0.2, -0.15) is 0 Å². The third-order valence-electron chi connectivity index (χ3n) is 2.75. The standard InChI is InChI=1S/C11H24N2O/c1-3-13(11-5-6-11)9-4-7-12-8-10-14-2/h11-12H,3-10H2,1-2H3. The Morgan fingerprint density at radius 2 is 2.14 bits per heavy atom. The molecule has 1 N–H and O–H groups in total. The molecule has 1 aliphatic rings. The Balaban J connectivity index is 1.86. The summed E-state index contributed by atoms with van der Waals surface area (Å²) in [4.78, 5) is 2.60. The molecule has 0 aromatic rings. The maximum Gasteiger partial charge on any atom is 0.0587 e. The highest BCUT2D eigenvalue weighted by molar-refractivity contribution is 4.83. The first-order chi connectivity index (χ1) is 6.88. The zero-order chi connectivity index (χ0) is 10.2.